The molecule has 0 amide bonds. The fourth-order valence-electron chi connectivity index (χ4n) is 0.778. The van der Waals surface area contributed by atoms with E-state index < -0.39 is 0 Å². The van der Waals surface area contributed by atoms with Gasteiger partial charge in [-0.3, -0.25) is 25.2 Å². The molecule has 0 aliphatic carbocycles. The van der Waals surface area contributed by atoms with Crippen molar-refractivity contribution in [3.63, 3.8) is 0 Å². The van der Waals surface area contributed by atoms with Crippen LogP contribution in [0.15, 0.2) is 36.4 Å². The summed E-state index contributed by atoms with van der Waals surface area (Å²) in [6.45, 7) is 11.3. The number of carbonyl (C=O) groups excluding carboxylic acids is 4. The fraction of sp³-hybridized carbons (Fsp3) is 0.0769. The van der Waals surface area contributed by atoms with E-state index in [4.69, 9.17) is 14.4 Å². The maximum Gasteiger partial charge on any atom is 3.00 e. The van der Waals surface area contributed by atoms with Gasteiger partial charge in [-0.25, -0.2) is 0 Å². The monoisotopic (exact) mass is 289 g/mol. The molecule has 4 nitrogen and oxygen atoms in total. The topological polar surface area (TPSA) is 68.3 Å². The van der Waals surface area contributed by atoms with Gasteiger partial charge in [0.05, 0.1) is 0 Å². The summed E-state index contributed by atoms with van der Waals surface area (Å²) in [7, 11) is 0. The summed E-state index contributed by atoms with van der Waals surface area (Å²) in [4.78, 5) is 33.8. The van der Waals surface area contributed by atoms with E-state index >= 15 is 0 Å². The zero-order valence-corrected chi connectivity index (χ0v) is 10.9. The van der Waals surface area contributed by atoms with Gasteiger partial charge >= 0.3 is 17.1 Å². The Kier molecular flexibility index (Phi) is 34.1. The van der Waals surface area contributed by atoms with Gasteiger partial charge in [0.15, 0.2) is 5.78 Å². The Morgan fingerprint density at radius 1 is 0.944 bits per heavy atom. The van der Waals surface area contributed by atoms with Gasteiger partial charge in [-0.1, -0.05) is 36.4 Å². The molecule has 18 heavy (non-hydrogen) atoms. The Morgan fingerprint density at radius 3 is 1.67 bits per heavy atom. The number of carbonyl (C=O) groups is 1. The molecule has 1 radical (unpaired) electrons. The van der Waals surface area contributed by atoms with E-state index in [1.165, 1.54) is 0 Å². The average molecular weight is 289 g/mol. The molecule has 1 rings (SSSR count). The van der Waals surface area contributed by atoms with E-state index in [2.05, 4.69) is 20.4 Å². The van der Waals surface area contributed by atoms with Crippen molar-refractivity contribution in [2.75, 3.05) is 0 Å². The van der Waals surface area contributed by atoms with E-state index in [0.717, 1.165) is 5.56 Å². The number of rotatable bonds is 2. The smallest absolute Gasteiger partial charge is 0.545 e. The molecular weight excluding hydrogens is 276 g/mol. The Hall–Kier alpha value is -1.84. The van der Waals surface area contributed by atoms with Crippen LogP contribution in [0.3, 0.4) is 0 Å². The van der Waals surface area contributed by atoms with Crippen LogP contribution in [-0.2, 0) is 36.2 Å². The molecule has 1 aromatic carbocycles. The minimum absolute atomic E-state index is 0. The third-order valence-electron chi connectivity index (χ3n) is 1.31. The van der Waals surface area contributed by atoms with Crippen LogP contribution in [-0.4, -0.2) is 26.2 Å². The molecule has 97 valence electrons. The van der Waals surface area contributed by atoms with E-state index in [-0.39, 0.29) is 22.9 Å². The van der Waals surface area contributed by atoms with Gasteiger partial charge in [0.1, 0.15) is 0 Å². The van der Waals surface area contributed by atoms with Crippen molar-refractivity contribution in [2.45, 2.75) is 6.92 Å². The van der Waals surface area contributed by atoms with E-state index in [0.29, 0.717) is 0 Å². The zero-order valence-electron chi connectivity index (χ0n) is 9.76. The molecule has 0 heterocycles. The molecule has 0 atom stereocenters. The van der Waals surface area contributed by atoms with Gasteiger partial charge in [-0.2, -0.15) is 0 Å². The molecule has 0 unspecified atom stereocenters. The first-order valence-electron chi connectivity index (χ1n) is 4.23. The van der Waals surface area contributed by atoms with Gasteiger partial charge in [0.2, 0.25) is 0 Å². The molecule has 0 spiro atoms. The summed E-state index contributed by atoms with van der Waals surface area (Å²) < 4.78 is 0. The van der Waals surface area contributed by atoms with Crippen LogP contribution in [0.5, 0.6) is 0 Å². The fourth-order valence-corrected chi connectivity index (χ4v) is 0.778. The van der Waals surface area contributed by atoms with Crippen molar-refractivity contribution in [3.8, 4) is 0 Å². The van der Waals surface area contributed by atoms with Crippen molar-refractivity contribution in [1.29, 1.82) is 0 Å². The Morgan fingerprint density at radius 2 is 1.33 bits per heavy atom. The summed E-state index contributed by atoms with van der Waals surface area (Å²) >= 11 is 0. The van der Waals surface area contributed by atoms with Crippen LogP contribution in [0.4, 0.5) is 0 Å². The standard InChI is InChI=1S/C10H10O.3CHO.Fe/c1-9(11)7-8-10-5-3-2-4-6-10;3*1-2;/h2-8H,1H3;3*1H;/q;3*-1;+3. The minimum Gasteiger partial charge on any atom is -0.545 e. The minimum atomic E-state index is 0. The van der Waals surface area contributed by atoms with Gasteiger partial charge < -0.3 is 14.4 Å². The van der Waals surface area contributed by atoms with Gasteiger partial charge in [0.25, 0.3) is 0 Å². The first kappa shape index (κ1) is 25.1. The second-order valence-electron chi connectivity index (χ2n) is 2.35. The molecule has 5 heteroatoms. The molecule has 0 aliphatic heterocycles. The van der Waals surface area contributed by atoms with E-state index in [1.54, 1.807) is 13.0 Å². The Labute approximate surface area is 118 Å². The SMILES string of the molecule is CC(=O)C=Cc1ccccc1.[CH-]=O.[CH-]=O.[CH-]=O.[Fe+3]. The van der Waals surface area contributed by atoms with Crippen molar-refractivity contribution in [2.24, 2.45) is 0 Å². The second kappa shape index (κ2) is 24.4. The summed E-state index contributed by atoms with van der Waals surface area (Å²) in [5.74, 6) is 0.0776. The number of ketones is 1. The third-order valence-corrected chi connectivity index (χ3v) is 1.31. The average Bonchev–Trinajstić information content (AvgIpc) is 2.44. The van der Waals surface area contributed by atoms with Gasteiger partial charge in [-0.05, 0) is 18.6 Å². The summed E-state index contributed by atoms with van der Waals surface area (Å²) in [6, 6.07) is 9.75. The number of hydrogen-bond donors (Lipinski definition) is 0. The number of benzene rings is 1. The molecule has 0 N–H and O–H groups in total. The quantitative estimate of drug-likeness (QED) is 0.358. The second-order valence-corrected chi connectivity index (χ2v) is 2.35. The van der Waals surface area contributed by atoms with Gasteiger partial charge in [-0.15, -0.1) is 0 Å². The van der Waals surface area contributed by atoms with Crippen molar-refractivity contribution in [1.82, 2.24) is 0 Å². The summed E-state index contributed by atoms with van der Waals surface area (Å²) in [5.41, 5.74) is 1.06. The first-order chi connectivity index (χ1) is 8.29. The largest absolute Gasteiger partial charge is 3.00 e. The zero-order chi connectivity index (χ0) is 14.1. The van der Waals surface area contributed by atoms with E-state index in [1.807, 2.05) is 36.4 Å². The van der Waals surface area contributed by atoms with Crippen LogP contribution in [0.1, 0.15) is 12.5 Å². The van der Waals surface area contributed by atoms with Crippen LogP contribution in [0.2, 0.25) is 0 Å². The molecule has 0 saturated carbocycles. The number of hydrogen-bond acceptors (Lipinski definition) is 4. The van der Waals surface area contributed by atoms with Crippen LogP contribution in [0, 0.1) is 0 Å². The summed E-state index contributed by atoms with van der Waals surface area (Å²) in [6.07, 6.45) is 3.37. The molecule has 0 saturated heterocycles. The molecule has 0 aromatic heterocycles. The maximum atomic E-state index is 10.5. The van der Waals surface area contributed by atoms with Gasteiger partial charge in [0, 0.05) is 0 Å². The van der Waals surface area contributed by atoms with Crippen molar-refractivity contribution >= 4 is 32.2 Å². The first-order valence-corrected chi connectivity index (χ1v) is 4.23. The molecular formula is C13H13FeO4. The molecule has 1 aromatic rings. The molecule has 0 fully saturated rings. The van der Waals surface area contributed by atoms with Crippen LogP contribution < -0.4 is 0 Å². The predicted molar refractivity (Wildman–Crippen MR) is 66.4 cm³/mol. The van der Waals surface area contributed by atoms with E-state index in [9.17, 15) is 4.79 Å². The van der Waals surface area contributed by atoms with Crippen molar-refractivity contribution in [3.05, 3.63) is 42.0 Å². The van der Waals surface area contributed by atoms with Crippen LogP contribution >= 0.6 is 0 Å². The maximum absolute atomic E-state index is 10.5. The van der Waals surface area contributed by atoms with Crippen LogP contribution in [0.25, 0.3) is 6.08 Å². The van der Waals surface area contributed by atoms with Crippen molar-refractivity contribution < 1.29 is 36.2 Å². The predicted octanol–water partition coefficient (Wildman–Crippen LogP) is 1.46. The Balaban J connectivity index is -0.000000123. The third kappa shape index (κ3) is 19.7. The Bertz CT molecular complexity index is 307. The molecule has 0 aliphatic rings. The molecule has 0 bridgehead atoms. The summed E-state index contributed by atoms with van der Waals surface area (Å²) in [5, 5.41) is 0. The normalized spacial score (nSPS) is 6.94. The number of allylic oxidation sites excluding steroid dienone is 1.